The molecule has 3 fully saturated rings. The first-order valence-corrected chi connectivity index (χ1v) is 17.0. The Hall–Kier alpha value is -1.18. The molecule has 7 heteroatoms. The molecular weight excluding hydrogens is 510 g/mol. The van der Waals surface area contributed by atoms with Crippen LogP contribution in [0.4, 0.5) is 0 Å². The fraction of sp³-hybridized carbons (Fsp3) is 0.853. The van der Waals surface area contributed by atoms with Gasteiger partial charge in [-0.3, -0.25) is 14.7 Å². The third-order valence-corrected chi connectivity index (χ3v) is 10.2. The summed E-state index contributed by atoms with van der Waals surface area (Å²) >= 11 is 0. The summed E-state index contributed by atoms with van der Waals surface area (Å²) in [5.41, 5.74) is 8.73. The maximum absolute atomic E-state index is 9.90. The van der Waals surface area contributed by atoms with E-state index in [9.17, 15) is 5.11 Å². The number of quaternary nitrogens is 1. The van der Waals surface area contributed by atoms with Crippen molar-refractivity contribution in [3.63, 3.8) is 0 Å². The lowest BCUT2D eigenvalue weighted by atomic mass is 9.92. The monoisotopic (exact) mass is 575 g/mol. The molecule has 3 heterocycles. The number of rotatable bonds is 15. The molecule has 3 rings (SSSR count). The third kappa shape index (κ3) is 8.69. The van der Waals surface area contributed by atoms with Gasteiger partial charge < -0.3 is 9.84 Å². The van der Waals surface area contributed by atoms with E-state index in [1.807, 2.05) is 0 Å². The number of piperidine rings is 1. The Balaban J connectivity index is 1.82. The summed E-state index contributed by atoms with van der Waals surface area (Å²) in [7, 11) is 2.51. The lowest BCUT2D eigenvalue weighted by Crippen LogP contribution is -2.77. The van der Waals surface area contributed by atoms with Gasteiger partial charge in [-0.25, -0.2) is 5.43 Å². The van der Waals surface area contributed by atoms with Crippen molar-refractivity contribution >= 4 is 0 Å². The molecule has 0 aromatic rings. The van der Waals surface area contributed by atoms with Crippen LogP contribution in [0.1, 0.15) is 106 Å². The van der Waals surface area contributed by atoms with Crippen LogP contribution in [0.25, 0.3) is 0 Å². The fourth-order valence-corrected chi connectivity index (χ4v) is 7.33. The first-order chi connectivity index (χ1) is 19.7. The van der Waals surface area contributed by atoms with Gasteiger partial charge in [0.15, 0.2) is 6.17 Å². The molecule has 3 saturated heterocycles. The quantitative estimate of drug-likeness (QED) is 0.100. The van der Waals surface area contributed by atoms with Gasteiger partial charge in [-0.1, -0.05) is 51.5 Å². The van der Waals surface area contributed by atoms with Crippen LogP contribution in [-0.2, 0) is 4.74 Å². The zero-order chi connectivity index (χ0) is 30.0. The number of hydrogen-bond acceptors (Lipinski definition) is 6. The summed E-state index contributed by atoms with van der Waals surface area (Å²) in [6.07, 6.45) is 15.7. The number of ether oxygens (including phenoxy) is 1. The Morgan fingerprint density at radius 3 is 2.61 bits per heavy atom. The largest absolute Gasteiger partial charge is 0.487 e. The highest BCUT2D eigenvalue weighted by atomic mass is 16.5. The van der Waals surface area contributed by atoms with E-state index >= 15 is 0 Å². The van der Waals surface area contributed by atoms with Gasteiger partial charge >= 0.3 is 0 Å². The molecule has 236 valence electrons. The number of aliphatic hydroxyl groups excluding tert-OH is 1. The van der Waals surface area contributed by atoms with Crippen LogP contribution in [0.2, 0.25) is 0 Å². The Bertz CT molecular complexity index is 882. The summed E-state index contributed by atoms with van der Waals surface area (Å²) in [6, 6.07) is 0.491. The van der Waals surface area contributed by atoms with Crippen LogP contribution in [0, 0.1) is 11.8 Å². The number of nitrogens with one attached hydrogen (secondary N) is 2. The molecule has 0 aromatic carbocycles. The highest BCUT2D eigenvalue weighted by Gasteiger charge is 2.58. The summed E-state index contributed by atoms with van der Waals surface area (Å²) in [4.78, 5) is 2.81. The first-order valence-electron chi connectivity index (χ1n) is 17.0. The van der Waals surface area contributed by atoms with Crippen molar-refractivity contribution in [3.8, 4) is 0 Å². The normalized spacial score (nSPS) is 32.0. The number of hydrogen-bond donors (Lipinski definition) is 3. The van der Waals surface area contributed by atoms with Gasteiger partial charge in [0.25, 0.3) is 0 Å². The highest BCUT2D eigenvalue weighted by Crippen LogP contribution is 2.40. The molecule has 41 heavy (non-hydrogen) atoms. The van der Waals surface area contributed by atoms with Crippen molar-refractivity contribution in [2.75, 3.05) is 39.8 Å². The molecule has 0 aliphatic carbocycles. The number of allylic oxidation sites excluding steroid dienone is 1. The van der Waals surface area contributed by atoms with Gasteiger partial charge in [0.1, 0.15) is 11.9 Å². The number of likely N-dealkylation sites (tertiary alicyclic amines) is 1. The molecule has 0 aromatic heterocycles. The Morgan fingerprint density at radius 2 is 1.98 bits per heavy atom. The fourth-order valence-electron chi connectivity index (χ4n) is 7.33. The lowest BCUT2D eigenvalue weighted by molar-refractivity contribution is -0.986. The minimum Gasteiger partial charge on any atom is -0.487 e. The SMILES string of the molecule is CC/C(=C\CC(=C=CC(C)CC)OC(C)C)CNC1CC(N2CCCC[C@H]2CCO)[N+](C)(CC)C2C(CC)CNN12. The van der Waals surface area contributed by atoms with Crippen LogP contribution in [0.5, 0.6) is 0 Å². The van der Waals surface area contributed by atoms with Crippen molar-refractivity contribution in [1.82, 2.24) is 20.7 Å². The van der Waals surface area contributed by atoms with Crippen LogP contribution in [0.3, 0.4) is 0 Å². The van der Waals surface area contributed by atoms with Crippen molar-refractivity contribution in [2.45, 2.75) is 137 Å². The first kappa shape index (κ1) is 34.3. The lowest BCUT2D eigenvalue weighted by Gasteiger charge is -2.59. The van der Waals surface area contributed by atoms with Gasteiger partial charge in [-0.15, -0.1) is 0 Å². The summed E-state index contributed by atoms with van der Waals surface area (Å²) in [5, 5.41) is 16.5. The minimum atomic E-state index is 0.152. The van der Waals surface area contributed by atoms with Crippen LogP contribution in [-0.4, -0.2) is 90.0 Å². The van der Waals surface area contributed by atoms with E-state index < -0.39 is 0 Å². The zero-order valence-corrected chi connectivity index (χ0v) is 27.8. The second kappa shape index (κ2) is 16.6. The van der Waals surface area contributed by atoms with Gasteiger partial charge in [0.2, 0.25) is 0 Å². The molecule has 0 bridgehead atoms. The highest BCUT2D eigenvalue weighted by molar-refractivity contribution is 5.10. The molecule has 7 nitrogen and oxygen atoms in total. The topological polar surface area (TPSA) is 60.0 Å². The van der Waals surface area contributed by atoms with Crippen LogP contribution < -0.4 is 10.7 Å². The molecule has 6 unspecified atom stereocenters. The molecule has 3 N–H and O–H groups in total. The molecule has 0 saturated carbocycles. The summed E-state index contributed by atoms with van der Waals surface area (Å²) in [6.45, 7) is 20.1. The number of fused-ring (bicyclic) bond motifs is 1. The number of hydrazine groups is 1. The standard InChI is InChI=1S/C34H64N5O2/c1-9-27(7)16-18-31(41-26(5)6)19-17-28(10-2)24-35-32-23-33(37-21-14-13-15-30(37)20-22-40)39(8,12-4)34-29(11-3)25-36-38(32)34/h16-17,26-27,29-30,32-36,40H,9-15,19-25H2,1-8H3/q+1/b28-17+/t18?,27?,29?,30-,32?,33?,34?,39?/m0/s1. The Kier molecular flexibility index (Phi) is 13.9. The smallest absolute Gasteiger partial charge is 0.164 e. The van der Waals surface area contributed by atoms with Gasteiger partial charge in [0, 0.05) is 51.0 Å². The molecule has 0 radical (unpaired) electrons. The summed E-state index contributed by atoms with van der Waals surface area (Å²) < 4.78 is 7.19. The number of nitrogens with zero attached hydrogens (tertiary/aromatic N) is 3. The van der Waals surface area contributed by atoms with E-state index in [0.717, 1.165) is 68.5 Å². The average Bonchev–Trinajstić information content (AvgIpc) is 3.42. The van der Waals surface area contributed by atoms with Gasteiger partial charge in [0.05, 0.1) is 25.9 Å². The van der Waals surface area contributed by atoms with E-state index in [1.165, 1.54) is 31.3 Å². The molecule has 0 amide bonds. The van der Waals surface area contributed by atoms with Crippen molar-refractivity contribution < 1.29 is 14.3 Å². The minimum absolute atomic E-state index is 0.152. The summed E-state index contributed by atoms with van der Waals surface area (Å²) in [5.74, 6) is 2.08. The predicted octanol–water partition coefficient (Wildman–Crippen LogP) is 5.74. The Morgan fingerprint density at radius 1 is 1.20 bits per heavy atom. The third-order valence-electron chi connectivity index (χ3n) is 10.2. The van der Waals surface area contributed by atoms with Crippen molar-refractivity contribution in [3.05, 3.63) is 29.2 Å². The zero-order valence-electron chi connectivity index (χ0n) is 27.8. The van der Waals surface area contributed by atoms with Gasteiger partial charge in [-0.2, -0.15) is 5.01 Å². The molecule has 0 spiro atoms. The van der Waals surface area contributed by atoms with E-state index in [0.29, 0.717) is 30.2 Å². The maximum Gasteiger partial charge on any atom is 0.164 e. The van der Waals surface area contributed by atoms with Crippen LogP contribution >= 0.6 is 0 Å². The molecule has 7 atom stereocenters. The molecule has 3 aliphatic rings. The Labute approximate surface area is 252 Å². The molecular formula is C34H64N5O2+. The average molecular weight is 575 g/mol. The van der Waals surface area contributed by atoms with E-state index in [2.05, 4.69) is 94.0 Å². The second-order valence-corrected chi connectivity index (χ2v) is 13.2. The van der Waals surface area contributed by atoms with Crippen molar-refractivity contribution in [2.24, 2.45) is 11.8 Å². The van der Waals surface area contributed by atoms with Crippen molar-refractivity contribution in [1.29, 1.82) is 0 Å². The van der Waals surface area contributed by atoms with Gasteiger partial charge in [-0.05, 0) is 71.3 Å². The van der Waals surface area contributed by atoms with E-state index in [4.69, 9.17) is 4.74 Å². The second-order valence-electron chi connectivity index (χ2n) is 13.2. The van der Waals surface area contributed by atoms with E-state index in [1.54, 1.807) is 0 Å². The maximum atomic E-state index is 9.90. The van der Waals surface area contributed by atoms with E-state index in [-0.39, 0.29) is 18.9 Å². The molecule has 3 aliphatic heterocycles. The van der Waals surface area contributed by atoms with Crippen LogP contribution in [0.15, 0.2) is 29.2 Å². The number of aliphatic hydroxyl groups is 1. The predicted molar refractivity (Wildman–Crippen MR) is 171 cm³/mol.